The Bertz CT molecular complexity index is 718. The third kappa shape index (κ3) is 3.49. The molecule has 0 saturated heterocycles. The van der Waals surface area contributed by atoms with E-state index in [1.54, 1.807) is 12.1 Å². The van der Waals surface area contributed by atoms with E-state index in [1.165, 1.54) is 43.8 Å². The molecular weight excluding hydrogens is 394 g/mol. The molecule has 6 nitrogen and oxygen atoms in total. The highest BCUT2D eigenvalue weighted by Crippen LogP contribution is 2.40. The standard InChI is InChI=1S/C13H12BrNO5S2/c1-19-10-7-8(13(16)20-2)3-4-9(10)15(22(17)18)12-6-5-11(14)21-12/h3-7H,1-2H3,(H,17,18)/p-1. The highest BCUT2D eigenvalue weighted by atomic mass is 79.9. The van der Waals surface area contributed by atoms with Crippen LogP contribution >= 0.6 is 27.3 Å². The zero-order valence-electron chi connectivity index (χ0n) is 11.6. The first-order valence-electron chi connectivity index (χ1n) is 5.89. The van der Waals surface area contributed by atoms with Crippen LogP contribution in [0.3, 0.4) is 0 Å². The Morgan fingerprint density at radius 3 is 2.55 bits per heavy atom. The van der Waals surface area contributed by atoms with Crippen LogP contribution in [0.1, 0.15) is 10.4 Å². The first kappa shape index (κ1) is 16.9. The molecule has 0 aliphatic heterocycles. The maximum atomic E-state index is 11.6. The molecule has 0 saturated carbocycles. The number of esters is 1. The van der Waals surface area contributed by atoms with Crippen LogP contribution in [0, 0.1) is 0 Å². The topological polar surface area (TPSA) is 78.9 Å². The van der Waals surface area contributed by atoms with Crippen molar-refractivity contribution in [3.63, 3.8) is 0 Å². The molecule has 2 rings (SSSR count). The predicted molar refractivity (Wildman–Crippen MR) is 87.4 cm³/mol. The van der Waals surface area contributed by atoms with E-state index in [9.17, 15) is 13.6 Å². The van der Waals surface area contributed by atoms with Crippen LogP contribution in [0.25, 0.3) is 0 Å². The second kappa shape index (κ2) is 7.23. The summed E-state index contributed by atoms with van der Waals surface area (Å²) in [7, 11) is 2.67. The summed E-state index contributed by atoms with van der Waals surface area (Å²) in [6.45, 7) is 0. The maximum Gasteiger partial charge on any atom is 0.337 e. The lowest BCUT2D eigenvalue weighted by Gasteiger charge is -2.26. The van der Waals surface area contributed by atoms with E-state index in [1.807, 2.05) is 0 Å². The van der Waals surface area contributed by atoms with Crippen molar-refractivity contribution in [1.82, 2.24) is 0 Å². The first-order valence-corrected chi connectivity index (χ1v) is 8.53. The van der Waals surface area contributed by atoms with Gasteiger partial charge in [0.25, 0.3) is 0 Å². The van der Waals surface area contributed by atoms with E-state index >= 15 is 0 Å². The zero-order chi connectivity index (χ0) is 16.3. The summed E-state index contributed by atoms with van der Waals surface area (Å²) in [6, 6.07) is 7.82. The number of rotatable bonds is 5. The molecule has 1 atom stereocenters. The Kier molecular flexibility index (Phi) is 5.57. The third-order valence-corrected chi connectivity index (χ3v) is 5.14. The quantitative estimate of drug-likeness (QED) is 0.564. The van der Waals surface area contributed by atoms with Crippen molar-refractivity contribution in [3.05, 3.63) is 39.7 Å². The van der Waals surface area contributed by atoms with Gasteiger partial charge in [0.2, 0.25) is 0 Å². The number of hydrogen-bond acceptors (Lipinski definition) is 6. The minimum Gasteiger partial charge on any atom is -0.755 e. The first-order chi connectivity index (χ1) is 10.5. The average Bonchev–Trinajstić information content (AvgIpc) is 2.92. The van der Waals surface area contributed by atoms with Gasteiger partial charge < -0.3 is 14.0 Å². The van der Waals surface area contributed by atoms with Crippen LogP contribution in [0.2, 0.25) is 0 Å². The molecule has 0 spiro atoms. The van der Waals surface area contributed by atoms with Crippen LogP contribution in [-0.2, 0) is 16.0 Å². The normalized spacial score (nSPS) is 11.8. The summed E-state index contributed by atoms with van der Waals surface area (Å²) in [5.41, 5.74) is 0.574. The Morgan fingerprint density at radius 1 is 1.32 bits per heavy atom. The molecule has 0 aliphatic carbocycles. The molecule has 0 aliphatic rings. The monoisotopic (exact) mass is 404 g/mol. The van der Waals surface area contributed by atoms with E-state index in [4.69, 9.17) is 4.74 Å². The van der Waals surface area contributed by atoms with Crippen molar-refractivity contribution in [2.45, 2.75) is 0 Å². The van der Waals surface area contributed by atoms with Crippen LogP contribution in [0.5, 0.6) is 5.75 Å². The number of benzene rings is 1. The van der Waals surface area contributed by atoms with Gasteiger partial charge in [-0.3, -0.25) is 8.51 Å². The fourth-order valence-corrected chi connectivity index (χ4v) is 3.87. The lowest BCUT2D eigenvalue weighted by molar-refractivity contribution is 0.0600. The Labute approximate surface area is 142 Å². The molecule has 1 aromatic heterocycles. The highest BCUT2D eigenvalue weighted by molar-refractivity contribution is 9.11. The molecule has 2 aromatic rings. The van der Waals surface area contributed by atoms with E-state index in [-0.39, 0.29) is 11.3 Å². The molecule has 0 bridgehead atoms. The lowest BCUT2D eigenvalue weighted by Crippen LogP contribution is -2.19. The van der Waals surface area contributed by atoms with E-state index in [0.29, 0.717) is 10.7 Å². The van der Waals surface area contributed by atoms with Gasteiger partial charge in [0.15, 0.2) is 0 Å². The largest absolute Gasteiger partial charge is 0.755 e. The molecule has 118 valence electrons. The van der Waals surface area contributed by atoms with E-state index < -0.39 is 17.2 Å². The van der Waals surface area contributed by atoms with Gasteiger partial charge >= 0.3 is 5.97 Å². The van der Waals surface area contributed by atoms with Gasteiger partial charge in [0.1, 0.15) is 10.8 Å². The van der Waals surface area contributed by atoms with Crippen molar-refractivity contribution in [2.24, 2.45) is 0 Å². The number of carbonyl (C=O) groups is 1. The number of ether oxygens (including phenoxy) is 2. The fraction of sp³-hybridized carbons (Fsp3) is 0.154. The summed E-state index contributed by atoms with van der Waals surface area (Å²) in [5, 5.41) is 0.490. The number of hydrogen-bond donors (Lipinski definition) is 0. The zero-order valence-corrected chi connectivity index (χ0v) is 14.8. The molecule has 1 heterocycles. The second-order valence-corrected chi connectivity index (χ2v) is 7.21. The average molecular weight is 405 g/mol. The van der Waals surface area contributed by atoms with Crippen LogP contribution in [0.4, 0.5) is 10.7 Å². The van der Waals surface area contributed by atoms with Crippen molar-refractivity contribution in [3.8, 4) is 5.75 Å². The number of carbonyl (C=O) groups excluding carboxylic acids is 1. The predicted octanol–water partition coefficient (Wildman–Crippen LogP) is 3.24. The van der Waals surface area contributed by atoms with Gasteiger partial charge in [-0.05, 0) is 46.3 Å². The van der Waals surface area contributed by atoms with Gasteiger partial charge in [0, 0.05) is 0 Å². The number of halogens is 1. The summed E-state index contributed by atoms with van der Waals surface area (Å²) >= 11 is 2.01. The van der Waals surface area contributed by atoms with Gasteiger partial charge in [-0.25, -0.2) is 4.79 Å². The Hall–Kier alpha value is -1.42. The molecule has 0 fully saturated rings. The highest BCUT2D eigenvalue weighted by Gasteiger charge is 2.19. The van der Waals surface area contributed by atoms with E-state index in [0.717, 1.165) is 8.09 Å². The molecule has 0 radical (unpaired) electrons. The smallest absolute Gasteiger partial charge is 0.337 e. The molecule has 1 unspecified atom stereocenters. The van der Waals surface area contributed by atoms with Gasteiger partial charge in [-0.1, -0.05) is 0 Å². The maximum absolute atomic E-state index is 11.6. The van der Waals surface area contributed by atoms with Gasteiger partial charge in [0.05, 0.1) is 40.5 Å². The molecule has 0 amide bonds. The van der Waals surface area contributed by atoms with Crippen molar-refractivity contribution < 1.29 is 23.0 Å². The summed E-state index contributed by atoms with van der Waals surface area (Å²) in [4.78, 5) is 11.6. The van der Waals surface area contributed by atoms with Crippen molar-refractivity contribution in [1.29, 1.82) is 0 Å². The van der Waals surface area contributed by atoms with Crippen LogP contribution in [-0.4, -0.2) is 29.0 Å². The Balaban J connectivity index is 2.52. The Morgan fingerprint density at radius 2 is 2.05 bits per heavy atom. The summed E-state index contributed by atoms with van der Waals surface area (Å²) in [6.07, 6.45) is 0. The summed E-state index contributed by atoms with van der Waals surface area (Å²) < 4.78 is 35.0. The number of methoxy groups -OCH3 is 2. The molecule has 1 aromatic carbocycles. The third-order valence-electron chi connectivity index (χ3n) is 2.73. The summed E-state index contributed by atoms with van der Waals surface area (Å²) in [5.74, 6) is -0.282. The van der Waals surface area contributed by atoms with Crippen LogP contribution in [0.15, 0.2) is 34.1 Å². The number of anilines is 2. The lowest BCUT2D eigenvalue weighted by atomic mass is 10.2. The second-order valence-electron chi connectivity index (χ2n) is 3.97. The van der Waals surface area contributed by atoms with E-state index in [2.05, 4.69) is 20.7 Å². The van der Waals surface area contributed by atoms with Crippen molar-refractivity contribution in [2.75, 3.05) is 18.5 Å². The molecule has 0 N–H and O–H groups in total. The number of nitrogens with zero attached hydrogens (tertiary/aromatic N) is 1. The minimum atomic E-state index is -2.55. The fourth-order valence-electron chi connectivity index (χ4n) is 1.78. The van der Waals surface area contributed by atoms with Gasteiger partial charge in [-0.15, -0.1) is 11.3 Å². The molecule has 9 heteroatoms. The molecular formula is C13H11BrNO5S2-. The van der Waals surface area contributed by atoms with Crippen LogP contribution < -0.4 is 9.04 Å². The van der Waals surface area contributed by atoms with Crippen molar-refractivity contribution >= 4 is 55.2 Å². The SMILES string of the molecule is COC(=O)c1ccc(N(c2ccc(Br)s2)S(=O)[O-])c(OC)c1. The minimum absolute atomic E-state index is 0.247. The van der Waals surface area contributed by atoms with Gasteiger partial charge in [-0.2, -0.15) is 0 Å². The number of thiophene rings is 1. The molecule has 22 heavy (non-hydrogen) atoms.